The summed E-state index contributed by atoms with van der Waals surface area (Å²) in [7, 11) is 3.95. The van der Waals surface area contributed by atoms with Crippen molar-refractivity contribution in [1.82, 2.24) is 14.9 Å². The molecular formula is C15H17Cl2N5O. The Kier molecular flexibility index (Phi) is 6.15. The molecular weight excluding hydrogens is 337 g/mol. The van der Waals surface area contributed by atoms with E-state index in [2.05, 4.69) is 20.6 Å². The first-order valence-corrected chi connectivity index (χ1v) is 7.69. The maximum Gasteiger partial charge on any atom is 0.274 e. The molecule has 2 aromatic rings. The van der Waals surface area contributed by atoms with Crippen molar-refractivity contribution in [3.05, 3.63) is 46.2 Å². The average molecular weight is 354 g/mol. The topological polar surface area (TPSA) is 70.2 Å². The second-order valence-corrected chi connectivity index (χ2v) is 5.92. The van der Waals surface area contributed by atoms with E-state index in [1.807, 2.05) is 19.0 Å². The molecule has 1 aromatic carbocycles. The molecule has 0 fully saturated rings. The molecule has 0 atom stereocenters. The van der Waals surface area contributed by atoms with E-state index in [1.165, 1.54) is 12.3 Å². The van der Waals surface area contributed by atoms with Gasteiger partial charge < -0.3 is 15.5 Å². The number of likely N-dealkylation sites (N-methyl/N-ethyl adjacent to an activating group) is 1. The summed E-state index contributed by atoms with van der Waals surface area (Å²) in [6.07, 6.45) is 1.53. The summed E-state index contributed by atoms with van der Waals surface area (Å²) in [5, 5.41) is 6.64. The highest BCUT2D eigenvalue weighted by Gasteiger charge is 2.11. The first-order valence-electron chi connectivity index (χ1n) is 6.94. The third kappa shape index (κ3) is 5.35. The summed E-state index contributed by atoms with van der Waals surface area (Å²) in [6.45, 7) is 1.51. The monoisotopic (exact) mass is 353 g/mol. The summed E-state index contributed by atoms with van der Waals surface area (Å²) in [5.41, 5.74) is 0.674. The van der Waals surface area contributed by atoms with Crippen LogP contribution in [0, 0.1) is 0 Å². The van der Waals surface area contributed by atoms with Crippen LogP contribution in [0.3, 0.4) is 0 Å². The third-order valence-corrected chi connectivity index (χ3v) is 3.47. The Balaban J connectivity index is 2.06. The fourth-order valence-corrected chi connectivity index (χ4v) is 2.08. The van der Waals surface area contributed by atoms with E-state index >= 15 is 0 Å². The molecule has 1 amide bonds. The van der Waals surface area contributed by atoms with Crippen LogP contribution in [0.15, 0.2) is 30.5 Å². The molecule has 0 saturated carbocycles. The molecule has 1 aromatic heterocycles. The Morgan fingerprint density at radius 2 is 2.04 bits per heavy atom. The van der Waals surface area contributed by atoms with E-state index < -0.39 is 0 Å². The fourth-order valence-electron chi connectivity index (χ4n) is 1.74. The average Bonchev–Trinajstić information content (AvgIpc) is 2.51. The molecule has 23 heavy (non-hydrogen) atoms. The molecule has 0 aliphatic rings. The zero-order valence-corrected chi connectivity index (χ0v) is 14.3. The number of aromatic nitrogens is 2. The van der Waals surface area contributed by atoms with Crippen molar-refractivity contribution in [3.63, 3.8) is 0 Å². The van der Waals surface area contributed by atoms with E-state index in [0.717, 1.165) is 6.54 Å². The van der Waals surface area contributed by atoms with Crippen molar-refractivity contribution in [2.75, 3.05) is 37.8 Å². The molecule has 0 aliphatic heterocycles. The predicted molar refractivity (Wildman–Crippen MR) is 93.5 cm³/mol. The van der Waals surface area contributed by atoms with E-state index in [9.17, 15) is 4.79 Å². The number of hydrogen-bond acceptors (Lipinski definition) is 5. The summed E-state index contributed by atoms with van der Waals surface area (Å²) >= 11 is 11.9. The van der Waals surface area contributed by atoms with Crippen LogP contribution in [0.25, 0.3) is 0 Å². The van der Waals surface area contributed by atoms with Gasteiger partial charge in [-0.25, -0.2) is 9.97 Å². The molecule has 0 saturated heterocycles. The normalized spacial score (nSPS) is 10.7. The molecule has 122 valence electrons. The van der Waals surface area contributed by atoms with E-state index in [1.54, 1.807) is 18.2 Å². The second kappa shape index (κ2) is 8.10. The number of nitrogens with zero attached hydrogens (tertiary/aromatic N) is 3. The van der Waals surface area contributed by atoms with Crippen molar-refractivity contribution in [1.29, 1.82) is 0 Å². The van der Waals surface area contributed by atoms with Crippen LogP contribution in [0.2, 0.25) is 10.0 Å². The summed E-state index contributed by atoms with van der Waals surface area (Å²) < 4.78 is 0. The summed E-state index contributed by atoms with van der Waals surface area (Å²) in [5.74, 6) is 0.0175. The molecule has 2 N–H and O–H groups in total. The number of amides is 1. The van der Waals surface area contributed by atoms with Gasteiger partial charge in [-0.1, -0.05) is 23.2 Å². The second-order valence-electron chi connectivity index (χ2n) is 5.07. The van der Waals surface area contributed by atoms with Crippen molar-refractivity contribution < 1.29 is 4.79 Å². The van der Waals surface area contributed by atoms with Gasteiger partial charge in [0, 0.05) is 24.3 Å². The van der Waals surface area contributed by atoms with Crippen LogP contribution in [0.4, 0.5) is 11.6 Å². The van der Waals surface area contributed by atoms with Crippen LogP contribution in [0.1, 0.15) is 10.5 Å². The Bertz CT molecular complexity index is 693. The minimum Gasteiger partial charge on any atom is -0.353 e. The standard InChI is InChI=1S/C15H17Cl2N5O/c1-22(2)8-7-19-15-18-6-5-12(21-15)14(23)20-13-9-10(16)3-4-11(13)17/h3-6,9H,7-8H2,1-2H3,(H,20,23)(H,18,19,21). The first kappa shape index (κ1) is 17.5. The van der Waals surface area contributed by atoms with Crippen LogP contribution in [0.5, 0.6) is 0 Å². The highest BCUT2D eigenvalue weighted by molar-refractivity contribution is 6.35. The molecule has 0 radical (unpaired) electrons. The molecule has 1 heterocycles. The summed E-state index contributed by atoms with van der Waals surface area (Å²) in [4.78, 5) is 22.6. The van der Waals surface area contributed by atoms with Gasteiger partial charge >= 0.3 is 0 Å². The summed E-state index contributed by atoms with van der Waals surface area (Å²) in [6, 6.07) is 6.38. The Morgan fingerprint density at radius 1 is 1.26 bits per heavy atom. The Labute approximate surface area is 144 Å². The molecule has 6 nitrogen and oxygen atoms in total. The smallest absolute Gasteiger partial charge is 0.274 e. The molecule has 0 spiro atoms. The maximum atomic E-state index is 12.3. The molecule has 0 aliphatic carbocycles. The van der Waals surface area contributed by atoms with Crippen molar-refractivity contribution in [2.24, 2.45) is 0 Å². The SMILES string of the molecule is CN(C)CCNc1nccc(C(=O)Nc2cc(Cl)ccc2Cl)n1. The molecule has 0 bridgehead atoms. The van der Waals surface area contributed by atoms with Gasteiger partial charge in [0.25, 0.3) is 5.91 Å². The predicted octanol–water partition coefficient (Wildman–Crippen LogP) is 3.01. The quantitative estimate of drug-likeness (QED) is 0.835. The molecule has 8 heteroatoms. The zero-order chi connectivity index (χ0) is 16.8. The minimum absolute atomic E-state index is 0.239. The minimum atomic E-state index is -0.382. The maximum absolute atomic E-state index is 12.3. The molecule has 2 rings (SSSR count). The van der Waals surface area contributed by atoms with Crippen LogP contribution < -0.4 is 10.6 Å². The fraction of sp³-hybridized carbons (Fsp3) is 0.267. The number of anilines is 2. The van der Waals surface area contributed by atoms with Gasteiger partial charge in [-0.05, 0) is 38.4 Å². The van der Waals surface area contributed by atoms with E-state index in [-0.39, 0.29) is 11.6 Å². The highest BCUT2D eigenvalue weighted by Crippen LogP contribution is 2.25. The molecule has 0 unspecified atom stereocenters. The highest BCUT2D eigenvalue weighted by atomic mass is 35.5. The third-order valence-electron chi connectivity index (χ3n) is 2.91. The number of carbonyl (C=O) groups is 1. The van der Waals surface area contributed by atoms with Gasteiger partial charge in [-0.3, -0.25) is 4.79 Å². The zero-order valence-electron chi connectivity index (χ0n) is 12.8. The van der Waals surface area contributed by atoms with Crippen molar-refractivity contribution in [3.8, 4) is 0 Å². The number of benzene rings is 1. The van der Waals surface area contributed by atoms with Gasteiger partial charge in [0.1, 0.15) is 5.69 Å². The number of hydrogen-bond donors (Lipinski definition) is 2. The van der Waals surface area contributed by atoms with E-state index in [0.29, 0.717) is 28.2 Å². The van der Waals surface area contributed by atoms with Crippen LogP contribution >= 0.6 is 23.2 Å². The lowest BCUT2D eigenvalue weighted by atomic mass is 10.3. The van der Waals surface area contributed by atoms with Crippen LogP contribution in [-0.2, 0) is 0 Å². The number of nitrogens with one attached hydrogen (secondary N) is 2. The van der Waals surface area contributed by atoms with E-state index in [4.69, 9.17) is 23.2 Å². The van der Waals surface area contributed by atoms with Gasteiger partial charge in [0.05, 0.1) is 10.7 Å². The number of halogens is 2. The lowest BCUT2D eigenvalue weighted by Crippen LogP contribution is -2.22. The largest absolute Gasteiger partial charge is 0.353 e. The van der Waals surface area contributed by atoms with Gasteiger partial charge in [0.15, 0.2) is 0 Å². The van der Waals surface area contributed by atoms with Gasteiger partial charge in [0.2, 0.25) is 5.95 Å². The Morgan fingerprint density at radius 3 is 2.78 bits per heavy atom. The lowest BCUT2D eigenvalue weighted by Gasteiger charge is -2.11. The van der Waals surface area contributed by atoms with Crippen LogP contribution in [-0.4, -0.2) is 48.0 Å². The lowest BCUT2D eigenvalue weighted by molar-refractivity contribution is 0.102. The van der Waals surface area contributed by atoms with Crippen molar-refractivity contribution in [2.45, 2.75) is 0 Å². The van der Waals surface area contributed by atoms with Crippen molar-refractivity contribution >= 4 is 40.7 Å². The van der Waals surface area contributed by atoms with Gasteiger partial charge in [-0.15, -0.1) is 0 Å². The van der Waals surface area contributed by atoms with Gasteiger partial charge in [-0.2, -0.15) is 0 Å². The Hall–Kier alpha value is -1.89. The number of rotatable bonds is 6. The number of carbonyl (C=O) groups excluding carboxylic acids is 1. The first-order chi connectivity index (χ1) is 11.0.